The second-order valence-electron chi connectivity index (χ2n) is 5.21. The van der Waals surface area contributed by atoms with Crippen molar-refractivity contribution in [2.45, 2.75) is 0 Å². The lowest BCUT2D eigenvalue weighted by atomic mass is 10.0. The van der Waals surface area contributed by atoms with E-state index in [0.717, 1.165) is 5.56 Å². The van der Waals surface area contributed by atoms with Gasteiger partial charge in [0.2, 0.25) is 0 Å². The van der Waals surface area contributed by atoms with Gasteiger partial charge in [0, 0.05) is 0 Å². The summed E-state index contributed by atoms with van der Waals surface area (Å²) in [6, 6.07) is 22.1. The number of benzene rings is 2. The summed E-state index contributed by atoms with van der Waals surface area (Å²) in [5, 5.41) is 16.2. The van der Waals surface area contributed by atoms with Crippen LogP contribution in [0.25, 0.3) is 16.8 Å². The molecule has 0 saturated carbocycles. The maximum atomic E-state index is 4.29. The van der Waals surface area contributed by atoms with Crippen LogP contribution in [0.1, 0.15) is 5.56 Å². The Labute approximate surface area is 138 Å². The zero-order valence-corrected chi connectivity index (χ0v) is 12.7. The lowest BCUT2D eigenvalue weighted by Crippen LogP contribution is -1.98. The predicted octanol–water partition coefficient (Wildman–Crippen LogP) is 3.24. The van der Waals surface area contributed by atoms with Crippen LogP contribution in [0.5, 0.6) is 0 Å². The minimum atomic E-state index is 0.624. The number of hydrogen-bond donors (Lipinski definition) is 1. The minimum Gasteiger partial charge on any atom is -0.260 e. The number of fused-ring (bicyclic) bond motifs is 1. The minimum absolute atomic E-state index is 0.624. The van der Waals surface area contributed by atoms with Gasteiger partial charge in [-0.3, -0.25) is 5.43 Å². The highest BCUT2D eigenvalue weighted by molar-refractivity contribution is 5.81. The van der Waals surface area contributed by atoms with Crippen LogP contribution >= 0.6 is 0 Å². The molecule has 116 valence electrons. The molecule has 0 atom stereocenters. The summed E-state index contributed by atoms with van der Waals surface area (Å²) in [4.78, 5) is 0. The molecule has 2 aromatic carbocycles. The zero-order chi connectivity index (χ0) is 16.2. The molecule has 0 aliphatic rings. The van der Waals surface area contributed by atoms with Crippen LogP contribution in [-0.4, -0.2) is 26.0 Å². The van der Waals surface area contributed by atoms with Crippen molar-refractivity contribution < 1.29 is 0 Å². The molecule has 0 fully saturated rings. The van der Waals surface area contributed by atoms with Gasteiger partial charge in [0.25, 0.3) is 0 Å². The molecule has 0 aliphatic carbocycles. The summed E-state index contributed by atoms with van der Waals surface area (Å²) in [5.74, 6) is 0.624. The van der Waals surface area contributed by atoms with Crippen molar-refractivity contribution in [1.82, 2.24) is 19.8 Å². The fraction of sp³-hybridized carbons (Fsp3) is 0. The molecule has 4 aromatic rings. The van der Waals surface area contributed by atoms with Gasteiger partial charge in [0.15, 0.2) is 11.5 Å². The molecule has 0 unspecified atom stereocenters. The number of aromatic nitrogens is 4. The number of hydrogen-bond acceptors (Lipinski definition) is 5. The number of hydrazone groups is 1. The topological polar surface area (TPSA) is 67.5 Å². The molecule has 2 heterocycles. The van der Waals surface area contributed by atoms with Gasteiger partial charge in [-0.15, -0.1) is 15.3 Å². The van der Waals surface area contributed by atoms with Crippen molar-refractivity contribution >= 4 is 17.7 Å². The van der Waals surface area contributed by atoms with Crippen LogP contribution in [0.3, 0.4) is 0 Å². The van der Waals surface area contributed by atoms with E-state index in [0.29, 0.717) is 11.5 Å². The molecule has 0 radical (unpaired) electrons. The smallest absolute Gasteiger partial charge is 0.177 e. The van der Waals surface area contributed by atoms with E-state index in [1.807, 2.05) is 36.4 Å². The molecule has 0 saturated heterocycles. The summed E-state index contributed by atoms with van der Waals surface area (Å²) in [5.41, 5.74) is 6.99. The Bertz CT molecular complexity index is 973. The van der Waals surface area contributed by atoms with E-state index in [4.69, 9.17) is 0 Å². The molecule has 6 heteroatoms. The SMILES string of the molecule is C(=N\Nc1ccc2nncn2n1)/c1ccc(-c2ccccc2)cc1. The molecular formula is C18H14N6. The highest BCUT2D eigenvalue weighted by atomic mass is 15.4. The molecule has 0 amide bonds. The lowest BCUT2D eigenvalue weighted by Gasteiger charge is -2.02. The van der Waals surface area contributed by atoms with E-state index >= 15 is 0 Å². The summed E-state index contributed by atoms with van der Waals surface area (Å²) < 4.78 is 1.59. The van der Waals surface area contributed by atoms with Crippen LogP contribution in [0, 0.1) is 0 Å². The van der Waals surface area contributed by atoms with E-state index in [2.05, 4.69) is 50.1 Å². The van der Waals surface area contributed by atoms with Crippen molar-refractivity contribution in [3.05, 3.63) is 78.6 Å². The van der Waals surface area contributed by atoms with Gasteiger partial charge in [-0.05, 0) is 28.8 Å². The van der Waals surface area contributed by atoms with Crippen LogP contribution in [0.15, 0.2) is 78.2 Å². The molecule has 24 heavy (non-hydrogen) atoms. The van der Waals surface area contributed by atoms with Gasteiger partial charge in [-0.25, -0.2) is 0 Å². The molecule has 0 aliphatic heterocycles. The fourth-order valence-corrected chi connectivity index (χ4v) is 2.35. The Morgan fingerprint density at radius 3 is 2.50 bits per heavy atom. The fourth-order valence-electron chi connectivity index (χ4n) is 2.35. The number of nitrogens with zero attached hydrogens (tertiary/aromatic N) is 5. The van der Waals surface area contributed by atoms with Gasteiger partial charge >= 0.3 is 0 Å². The summed E-state index contributed by atoms with van der Waals surface area (Å²) in [6.45, 7) is 0. The highest BCUT2D eigenvalue weighted by Gasteiger charge is 1.98. The number of anilines is 1. The Morgan fingerprint density at radius 1 is 0.875 bits per heavy atom. The number of rotatable bonds is 4. The van der Waals surface area contributed by atoms with Crippen molar-refractivity contribution in [1.29, 1.82) is 0 Å². The Balaban J connectivity index is 1.45. The average Bonchev–Trinajstić information content (AvgIpc) is 3.11. The van der Waals surface area contributed by atoms with Crippen molar-refractivity contribution in [3.8, 4) is 11.1 Å². The molecule has 1 N–H and O–H groups in total. The van der Waals surface area contributed by atoms with E-state index in [1.165, 1.54) is 11.1 Å². The Hall–Kier alpha value is -3.54. The second kappa shape index (κ2) is 6.29. The first kappa shape index (κ1) is 14.1. The molecular weight excluding hydrogens is 300 g/mol. The van der Waals surface area contributed by atoms with E-state index < -0.39 is 0 Å². The van der Waals surface area contributed by atoms with Crippen LogP contribution < -0.4 is 5.43 Å². The predicted molar refractivity (Wildman–Crippen MR) is 93.9 cm³/mol. The standard InChI is InChI=1S/C18H14N6/c1-2-4-15(5-3-1)16-8-6-14(7-9-16)12-19-21-17-10-11-18-22-20-13-24(18)23-17/h1-13H,(H,21,23)/b19-12+. The van der Waals surface area contributed by atoms with Gasteiger partial charge in [-0.1, -0.05) is 54.6 Å². The third-order valence-electron chi connectivity index (χ3n) is 3.57. The second-order valence-corrected chi connectivity index (χ2v) is 5.21. The van der Waals surface area contributed by atoms with Gasteiger partial charge in [-0.2, -0.15) is 9.62 Å². The maximum Gasteiger partial charge on any atom is 0.177 e. The Kier molecular flexibility index (Phi) is 3.69. The van der Waals surface area contributed by atoms with E-state index in [9.17, 15) is 0 Å². The summed E-state index contributed by atoms with van der Waals surface area (Å²) in [6.07, 6.45) is 3.30. The third kappa shape index (κ3) is 2.98. The average molecular weight is 314 g/mol. The summed E-state index contributed by atoms with van der Waals surface area (Å²) >= 11 is 0. The molecule has 0 spiro atoms. The molecule has 2 aromatic heterocycles. The van der Waals surface area contributed by atoms with E-state index in [1.54, 1.807) is 23.1 Å². The van der Waals surface area contributed by atoms with Gasteiger partial charge in [0.1, 0.15) is 6.33 Å². The Morgan fingerprint density at radius 2 is 1.67 bits per heavy atom. The van der Waals surface area contributed by atoms with Crippen molar-refractivity contribution in [2.24, 2.45) is 5.10 Å². The summed E-state index contributed by atoms with van der Waals surface area (Å²) in [7, 11) is 0. The first-order chi connectivity index (χ1) is 11.9. The lowest BCUT2D eigenvalue weighted by molar-refractivity contribution is 0.925. The number of nitrogens with one attached hydrogen (secondary N) is 1. The quantitative estimate of drug-likeness (QED) is 0.464. The van der Waals surface area contributed by atoms with E-state index in [-0.39, 0.29) is 0 Å². The largest absolute Gasteiger partial charge is 0.260 e. The highest BCUT2D eigenvalue weighted by Crippen LogP contribution is 2.18. The van der Waals surface area contributed by atoms with Crippen LogP contribution in [0.4, 0.5) is 5.82 Å². The van der Waals surface area contributed by atoms with Crippen LogP contribution in [0.2, 0.25) is 0 Å². The molecule has 0 bridgehead atoms. The van der Waals surface area contributed by atoms with Crippen LogP contribution in [-0.2, 0) is 0 Å². The third-order valence-corrected chi connectivity index (χ3v) is 3.57. The van der Waals surface area contributed by atoms with Gasteiger partial charge < -0.3 is 0 Å². The first-order valence-electron chi connectivity index (χ1n) is 7.50. The van der Waals surface area contributed by atoms with Crippen molar-refractivity contribution in [2.75, 3.05) is 5.43 Å². The normalized spacial score (nSPS) is 11.2. The first-order valence-corrected chi connectivity index (χ1v) is 7.50. The molecule has 4 rings (SSSR count). The zero-order valence-electron chi connectivity index (χ0n) is 12.7. The monoisotopic (exact) mass is 314 g/mol. The molecule has 6 nitrogen and oxygen atoms in total. The maximum absolute atomic E-state index is 4.29. The van der Waals surface area contributed by atoms with Gasteiger partial charge in [0.05, 0.1) is 6.21 Å². The van der Waals surface area contributed by atoms with Crippen molar-refractivity contribution in [3.63, 3.8) is 0 Å².